The van der Waals surface area contributed by atoms with Crippen molar-refractivity contribution in [1.29, 1.82) is 0 Å². The summed E-state index contributed by atoms with van der Waals surface area (Å²) < 4.78 is 5.38. The highest BCUT2D eigenvalue weighted by Crippen LogP contribution is 2.23. The fourth-order valence-electron chi connectivity index (χ4n) is 2.71. The first-order valence-corrected chi connectivity index (χ1v) is 8.82. The molecule has 1 aliphatic rings. The summed E-state index contributed by atoms with van der Waals surface area (Å²) in [4.78, 5) is 16.1. The highest BCUT2D eigenvalue weighted by molar-refractivity contribution is 5.68. The van der Waals surface area contributed by atoms with Crippen molar-refractivity contribution in [3.05, 3.63) is 0 Å². The minimum atomic E-state index is -0.720. The molecular formula is C17H35N3O3. The smallest absolute Gasteiger partial charge is 0.410 e. The van der Waals surface area contributed by atoms with Gasteiger partial charge in [-0.2, -0.15) is 0 Å². The van der Waals surface area contributed by atoms with Gasteiger partial charge in [0.1, 0.15) is 5.60 Å². The van der Waals surface area contributed by atoms with Crippen molar-refractivity contribution in [1.82, 2.24) is 15.1 Å². The third-order valence-electron chi connectivity index (χ3n) is 4.30. The van der Waals surface area contributed by atoms with Crippen LogP contribution in [0.1, 0.15) is 47.5 Å². The molecule has 1 rings (SSSR count). The molecule has 1 heterocycles. The van der Waals surface area contributed by atoms with Gasteiger partial charge in [-0.1, -0.05) is 13.8 Å². The van der Waals surface area contributed by atoms with Crippen LogP contribution in [0.25, 0.3) is 0 Å². The molecule has 0 spiro atoms. The van der Waals surface area contributed by atoms with E-state index in [4.69, 9.17) is 4.74 Å². The number of carbonyl (C=O) groups excluding carboxylic acids is 1. The molecule has 0 aliphatic carbocycles. The monoisotopic (exact) mass is 329 g/mol. The van der Waals surface area contributed by atoms with Gasteiger partial charge in [0, 0.05) is 32.7 Å². The number of rotatable bonds is 7. The number of aliphatic hydroxyl groups is 1. The predicted octanol–water partition coefficient (Wildman–Crippen LogP) is 1.68. The topological polar surface area (TPSA) is 65.0 Å². The van der Waals surface area contributed by atoms with Gasteiger partial charge in [0.15, 0.2) is 0 Å². The third kappa shape index (κ3) is 7.50. The van der Waals surface area contributed by atoms with E-state index >= 15 is 0 Å². The average molecular weight is 329 g/mol. The third-order valence-corrected chi connectivity index (χ3v) is 4.30. The van der Waals surface area contributed by atoms with Crippen molar-refractivity contribution >= 4 is 6.09 Å². The highest BCUT2D eigenvalue weighted by atomic mass is 16.6. The summed E-state index contributed by atoms with van der Waals surface area (Å²) in [6.45, 7) is 15.5. The minimum absolute atomic E-state index is 0.283. The first-order chi connectivity index (χ1) is 10.7. The normalized spacial score (nSPS) is 18.3. The zero-order valence-corrected chi connectivity index (χ0v) is 15.5. The van der Waals surface area contributed by atoms with Crippen LogP contribution in [-0.4, -0.2) is 78.0 Å². The molecule has 0 aromatic rings. The minimum Gasteiger partial charge on any atom is -0.444 e. The molecule has 1 aliphatic heterocycles. The van der Waals surface area contributed by atoms with Crippen molar-refractivity contribution in [3.63, 3.8) is 0 Å². The molecule has 0 saturated carbocycles. The Kier molecular flexibility index (Phi) is 7.77. The fraction of sp³-hybridized carbons (Fsp3) is 0.941. The van der Waals surface area contributed by atoms with Crippen molar-refractivity contribution in [2.45, 2.75) is 58.7 Å². The summed E-state index contributed by atoms with van der Waals surface area (Å²) in [6.07, 6.45) is 0.892. The SMILES string of the molecule is CCN(CC)CCNCC1(O)CCN(C(=O)OC(C)(C)C)CC1. The van der Waals surface area contributed by atoms with E-state index in [1.807, 2.05) is 20.8 Å². The number of piperidine rings is 1. The van der Waals surface area contributed by atoms with Crippen LogP contribution in [0.5, 0.6) is 0 Å². The number of ether oxygens (including phenoxy) is 1. The van der Waals surface area contributed by atoms with Gasteiger partial charge in [-0.05, 0) is 46.7 Å². The van der Waals surface area contributed by atoms with E-state index in [0.717, 1.165) is 26.2 Å². The molecule has 2 N–H and O–H groups in total. The fourth-order valence-corrected chi connectivity index (χ4v) is 2.71. The van der Waals surface area contributed by atoms with Crippen molar-refractivity contribution in [2.24, 2.45) is 0 Å². The zero-order valence-electron chi connectivity index (χ0n) is 15.5. The van der Waals surface area contributed by atoms with Crippen LogP contribution >= 0.6 is 0 Å². The van der Waals surface area contributed by atoms with E-state index in [9.17, 15) is 9.90 Å². The molecule has 0 aromatic carbocycles. The molecule has 136 valence electrons. The predicted molar refractivity (Wildman–Crippen MR) is 92.6 cm³/mol. The van der Waals surface area contributed by atoms with E-state index in [1.165, 1.54) is 0 Å². The van der Waals surface area contributed by atoms with Gasteiger partial charge in [0.2, 0.25) is 0 Å². The second-order valence-corrected chi connectivity index (χ2v) is 7.40. The second-order valence-electron chi connectivity index (χ2n) is 7.40. The van der Waals surface area contributed by atoms with Gasteiger partial charge in [0.05, 0.1) is 5.60 Å². The van der Waals surface area contributed by atoms with E-state index in [-0.39, 0.29) is 6.09 Å². The van der Waals surface area contributed by atoms with E-state index < -0.39 is 11.2 Å². The van der Waals surface area contributed by atoms with Crippen LogP contribution in [0.4, 0.5) is 4.79 Å². The molecule has 1 saturated heterocycles. The van der Waals surface area contributed by atoms with Gasteiger partial charge in [0.25, 0.3) is 0 Å². The van der Waals surface area contributed by atoms with Gasteiger partial charge < -0.3 is 25.0 Å². The molecule has 0 aromatic heterocycles. The van der Waals surface area contributed by atoms with Crippen molar-refractivity contribution in [3.8, 4) is 0 Å². The van der Waals surface area contributed by atoms with Gasteiger partial charge in [-0.15, -0.1) is 0 Å². The number of amides is 1. The van der Waals surface area contributed by atoms with Crippen LogP contribution in [0, 0.1) is 0 Å². The maximum Gasteiger partial charge on any atom is 0.410 e. The molecule has 1 amide bonds. The molecule has 0 bridgehead atoms. The summed E-state index contributed by atoms with van der Waals surface area (Å²) in [7, 11) is 0. The van der Waals surface area contributed by atoms with Gasteiger partial charge in [-0.25, -0.2) is 4.79 Å². The largest absolute Gasteiger partial charge is 0.444 e. The Morgan fingerprint density at radius 3 is 2.30 bits per heavy atom. The first-order valence-electron chi connectivity index (χ1n) is 8.82. The van der Waals surface area contributed by atoms with E-state index in [2.05, 4.69) is 24.1 Å². The maximum atomic E-state index is 12.0. The quantitative estimate of drug-likeness (QED) is 0.696. The summed E-state index contributed by atoms with van der Waals surface area (Å²) >= 11 is 0. The lowest BCUT2D eigenvalue weighted by Gasteiger charge is -2.38. The van der Waals surface area contributed by atoms with Gasteiger partial charge >= 0.3 is 6.09 Å². The maximum absolute atomic E-state index is 12.0. The molecule has 0 atom stereocenters. The Balaban J connectivity index is 2.29. The molecule has 1 fully saturated rings. The van der Waals surface area contributed by atoms with Crippen LogP contribution in [0.3, 0.4) is 0 Å². The molecule has 23 heavy (non-hydrogen) atoms. The highest BCUT2D eigenvalue weighted by Gasteiger charge is 2.35. The average Bonchev–Trinajstić information content (AvgIpc) is 2.46. The number of nitrogens with zero attached hydrogens (tertiary/aromatic N) is 2. The lowest BCUT2D eigenvalue weighted by Crippen LogP contribution is -2.52. The Labute approximate surface area is 141 Å². The number of nitrogens with one attached hydrogen (secondary N) is 1. The summed E-state index contributed by atoms with van der Waals surface area (Å²) in [5, 5.41) is 14.0. The molecule has 0 unspecified atom stereocenters. The van der Waals surface area contributed by atoms with Crippen molar-refractivity contribution in [2.75, 3.05) is 45.8 Å². The molecular weight excluding hydrogens is 294 g/mol. The Bertz CT molecular complexity index is 357. The van der Waals surface area contributed by atoms with Crippen LogP contribution in [0.2, 0.25) is 0 Å². The summed E-state index contributed by atoms with van der Waals surface area (Å²) in [6, 6.07) is 0. The van der Waals surface area contributed by atoms with Crippen LogP contribution in [0.15, 0.2) is 0 Å². The van der Waals surface area contributed by atoms with Crippen LogP contribution in [-0.2, 0) is 4.74 Å². The number of hydrogen-bond donors (Lipinski definition) is 2. The number of carbonyl (C=O) groups is 1. The summed E-state index contributed by atoms with van der Waals surface area (Å²) in [5.41, 5.74) is -1.20. The second kappa shape index (κ2) is 8.85. The van der Waals surface area contributed by atoms with Crippen molar-refractivity contribution < 1.29 is 14.6 Å². The Hall–Kier alpha value is -0.850. The lowest BCUT2D eigenvalue weighted by atomic mass is 9.91. The molecule has 6 heteroatoms. The van der Waals surface area contributed by atoms with E-state index in [0.29, 0.717) is 32.5 Å². The number of likely N-dealkylation sites (tertiary alicyclic amines) is 1. The Morgan fingerprint density at radius 1 is 1.26 bits per heavy atom. The van der Waals surface area contributed by atoms with E-state index in [1.54, 1.807) is 4.90 Å². The number of likely N-dealkylation sites (N-methyl/N-ethyl adjacent to an activating group) is 1. The summed E-state index contributed by atoms with van der Waals surface area (Å²) in [5.74, 6) is 0. The first kappa shape index (κ1) is 20.2. The standard InChI is InChI=1S/C17H35N3O3/c1-6-19(7-2)13-10-18-14-17(22)8-11-20(12-9-17)15(21)23-16(3,4)5/h18,22H,6-14H2,1-5H3. The van der Waals surface area contributed by atoms with Crippen LogP contribution < -0.4 is 5.32 Å². The Morgan fingerprint density at radius 2 is 1.83 bits per heavy atom. The van der Waals surface area contributed by atoms with Gasteiger partial charge in [-0.3, -0.25) is 0 Å². The molecule has 6 nitrogen and oxygen atoms in total. The molecule has 0 radical (unpaired) electrons. The lowest BCUT2D eigenvalue weighted by molar-refractivity contribution is -0.0309. The number of hydrogen-bond acceptors (Lipinski definition) is 5. The zero-order chi connectivity index (χ0) is 17.5.